The average Bonchev–Trinajstić information content (AvgIpc) is 2.58. The highest BCUT2D eigenvalue weighted by molar-refractivity contribution is 5.95. The van der Waals surface area contributed by atoms with Crippen molar-refractivity contribution in [1.29, 1.82) is 0 Å². The van der Waals surface area contributed by atoms with Crippen LogP contribution in [0.5, 0.6) is 28.7 Å². The van der Waals surface area contributed by atoms with Crippen molar-refractivity contribution in [2.75, 3.05) is 6.61 Å². The van der Waals surface area contributed by atoms with Crippen LogP contribution in [0.1, 0.15) is 30.0 Å². The van der Waals surface area contributed by atoms with Crippen LogP contribution in [0.3, 0.4) is 0 Å². The van der Waals surface area contributed by atoms with E-state index in [0.29, 0.717) is 40.2 Å². The Balaban J connectivity index is 1.94. The summed E-state index contributed by atoms with van der Waals surface area (Å²) in [5.41, 5.74) is 2.12. The Bertz CT molecular complexity index is 899. The molecule has 1 unspecified atom stereocenters. The molecule has 2 aromatic carbocycles. The van der Waals surface area contributed by atoms with Crippen LogP contribution in [0.25, 0.3) is 11.3 Å². The SMILES string of the molecule is CCCc1c(O)ccc2c1OC1COc3cc(O)c(O)cc3C1=C2O. The maximum atomic E-state index is 10.9. The van der Waals surface area contributed by atoms with Gasteiger partial charge in [0.15, 0.2) is 17.6 Å². The minimum atomic E-state index is -0.568. The number of aliphatic hydroxyl groups excluding tert-OH is 1. The number of rotatable bonds is 2. The first-order valence-electron chi connectivity index (χ1n) is 8.15. The van der Waals surface area contributed by atoms with E-state index < -0.39 is 6.10 Å². The van der Waals surface area contributed by atoms with Crippen LogP contribution in [0, 0.1) is 0 Å². The third kappa shape index (κ3) is 2.25. The first-order valence-corrected chi connectivity index (χ1v) is 8.15. The Kier molecular flexibility index (Phi) is 3.42. The Morgan fingerprint density at radius 1 is 1.00 bits per heavy atom. The third-order valence-electron chi connectivity index (χ3n) is 4.59. The molecule has 25 heavy (non-hydrogen) atoms. The molecule has 2 aliphatic heterocycles. The van der Waals surface area contributed by atoms with Crippen LogP contribution in [-0.2, 0) is 6.42 Å². The summed E-state index contributed by atoms with van der Waals surface area (Å²) < 4.78 is 11.7. The number of phenolic OH excluding ortho intramolecular Hbond substituents is 3. The van der Waals surface area contributed by atoms with E-state index in [0.717, 1.165) is 6.42 Å². The van der Waals surface area contributed by atoms with Gasteiger partial charge >= 0.3 is 0 Å². The molecule has 0 saturated carbocycles. The summed E-state index contributed by atoms with van der Waals surface area (Å²) in [6, 6.07) is 5.82. The van der Waals surface area contributed by atoms with Gasteiger partial charge < -0.3 is 29.9 Å². The zero-order valence-corrected chi connectivity index (χ0v) is 13.6. The van der Waals surface area contributed by atoms with Crippen molar-refractivity contribution in [3.05, 3.63) is 41.0 Å². The number of hydrogen-bond acceptors (Lipinski definition) is 6. The molecule has 0 spiro atoms. The molecular formula is C19H18O6. The number of phenols is 3. The molecule has 0 aromatic heterocycles. The molecule has 6 heteroatoms. The van der Waals surface area contributed by atoms with Crippen molar-refractivity contribution < 1.29 is 29.9 Å². The van der Waals surface area contributed by atoms with Gasteiger partial charge in [-0.15, -0.1) is 0 Å². The molecule has 0 radical (unpaired) electrons. The van der Waals surface area contributed by atoms with Gasteiger partial charge in [0.05, 0.1) is 5.56 Å². The van der Waals surface area contributed by atoms with Gasteiger partial charge in [-0.2, -0.15) is 0 Å². The van der Waals surface area contributed by atoms with Crippen LogP contribution in [0.15, 0.2) is 24.3 Å². The highest BCUT2D eigenvalue weighted by atomic mass is 16.5. The quantitative estimate of drug-likeness (QED) is 0.625. The lowest BCUT2D eigenvalue weighted by Gasteiger charge is -2.34. The Morgan fingerprint density at radius 2 is 1.76 bits per heavy atom. The molecule has 2 aromatic rings. The van der Waals surface area contributed by atoms with Crippen LogP contribution >= 0.6 is 0 Å². The maximum absolute atomic E-state index is 10.9. The summed E-state index contributed by atoms with van der Waals surface area (Å²) in [4.78, 5) is 0. The standard InChI is InChI=1S/C19H18O6/c1-2-3-9-12(20)5-4-10-18(23)17-11-6-13(21)14(22)7-15(11)24-8-16(17)25-19(9)10/h4-7,16,20-23H,2-3,8H2,1H3. The first-order chi connectivity index (χ1) is 12.0. The Hall–Kier alpha value is -3.02. The molecular weight excluding hydrogens is 324 g/mol. The highest BCUT2D eigenvalue weighted by Crippen LogP contribution is 2.49. The second kappa shape index (κ2) is 5.51. The molecule has 6 nitrogen and oxygen atoms in total. The summed E-state index contributed by atoms with van der Waals surface area (Å²) >= 11 is 0. The zero-order chi connectivity index (χ0) is 17.7. The largest absolute Gasteiger partial charge is 0.508 e. The molecule has 2 aliphatic rings. The van der Waals surface area contributed by atoms with Crippen LogP contribution in [0.2, 0.25) is 0 Å². The molecule has 130 valence electrons. The van der Waals surface area contributed by atoms with Crippen LogP contribution < -0.4 is 9.47 Å². The molecule has 0 bridgehead atoms. The van der Waals surface area contributed by atoms with Crippen molar-refractivity contribution in [3.63, 3.8) is 0 Å². The minimum absolute atomic E-state index is 0.0262. The van der Waals surface area contributed by atoms with E-state index in [1.165, 1.54) is 12.1 Å². The predicted molar refractivity (Wildman–Crippen MR) is 91.2 cm³/mol. The van der Waals surface area contributed by atoms with Gasteiger partial charge in [-0.25, -0.2) is 0 Å². The Morgan fingerprint density at radius 3 is 2.52 bits per heavy atom. The second-order valence-corrected chi connectivity index (χ2v) is 6.21. The van der Waals surface area contributed by atoms with Crippen molar-refractivity contribution >= 4 is 11.3 Å². The molecule has 4 N–H and O–H groups in total. The lowest BCUT2D eigenvalue weighted by atomic mass is 9.89. The van der Waals surface area contributed by atoms with Gasteiger partial charge in [-0.05, 0) is 24.6 Å². The van der Waals surface area contributed by atoms with E-state index in [2.05, 4.69) is 0 Å². The van der Waals surface area contributed by atoms with E-state index in [1.807, 2.05) is 6.92 Å². The number of benzene rings is 2. The normalized spacial score (nSPS) is 17.9. The lowest BCUT2D eigenvalue weighted by Crippen LogP contribution is -2.34. The van der Waals surface area contributed by atoms with Crippen molar-refractivity contribution in [2.24, 2.45) is 0 Å². The van der Waals surface area contributed by atoms with Gasteiger partial charge in [0.2, 0.25) is 0 Å². The molecule has 0 amide bonds. The number of aliphatic hydroxyl groups is 1. The fourth-order valence-electron chi connectivity index (χ4n) is 3.40. The van der Waals surface area contributed by atoms with Crippen molar-refractivity contribution in [1.82, 2.24) is 0 Å². The van der Waals surface area contributed by atoms with Gasteiger partial charge in [0, 0.05) is 22.8 Å². The smallest absolute Gasteiger partial charge is 0.162 e. The van der Waals surface area contributed by atoms with E-state index >= 15 is 0 Å². The summed E-state index contributed by atoms with van der Waals surface area (Å²) in [5, 5.41) is 40.5. The van der Waals surface area contributed by atoms with Crippen LogP contribution in [-0.4, -0.2) is 33.1 Å². The average molecular weight is 342 g/mol. The molecule has 4 rings (SSSR count). The minimum Gasteiger partial charge on any atom is -0.508 e. The number of ether oxygens (including phenoxy) is 2. The topological polar surface area (TPSA) is 99.4 Å². The van der Waals surface area contributed by atoms with E-state index in [1.54, 1.807) is 12.1 Å². The molecule has 1 atom stereocenters. The fourth-order valence-corrected chi connectivity index (χ4v) is 3.40. The molecule has 0 fully saturated rings. The summed E-state index contributed by atoms with van der Waals surface area (Å²) in [6.07, 6.45) is 0.875. The maximum Gasteiger partial charge on any atom is 0.162 e. The Labute approximate surface area is 144 Å². The first kappa shape index (κ1) is 15.5. The van der Waals surface area contributed by atoms with Gasteiger partial charge in [-0.1, -0.05) is 13.3 Å². The van der Waals surface area contributed by atoms with Crippen LogP contribution in [0.4, 0.5) is 0 Å². The summed E-state index contributed by atoms with van der Waals surface area (Å²) in [7, 11) is 0. The second-order valence-electron chi connectivity index (χ2n) is 6.21. The van der Waals surface area contributed by atoms with E-state index in [9.17, 15) is 20.4 Å². The highest BCUT2D eigenvalue weighted by Gasteiger charge is 2.37. The van der Waals surface area contributed by atoms with Gasteiger partial charge in [-0.3, -0.25) is 0 Å². The van der Waals surface area contributed by atoms with Gasteiger partial charge in [0.1, 0.15) is 29.6 Å². The van der Waals surface area contributed by atoms with Gasteiger partial charge in [0.25, 0.3) is 0 Å². The predicted octanol–water partition coefficient (Wildman–Crippen LogP) is 3.34. The third-order valence-corrected chi connectivity index (χ3v) is 4.59. The summed E-state index contributed by atoms with van der Waals surface area (Å²) in [5.74, 6) is 0.404. The number of fused-ring (bicyclic) bond motifs is 4. The molecule has 0 aliphatic carbocycles. The van der Waals surface area contributed by atoms with E-state index in [4.69, 9.17) is 9.47 Å². The fraction of sp³-hybridized carbons (Fsp3) is 0.263. The van der Waals surface area contributed by atoms with Crippen molar-refractivity contribution in [2.45, 2.75) is 25.9 Å². The summed E-state index contributed by atoms with van der Waals surface area (Å²) in [6.45, 7) is 2.15. The zero-order valence-electron chi connectivity index (χ0n) is 13.6. The monoisotopic (exact) mass is 342 g/mol. The lowest BCUT2D eigenvalue weighted by molar-refractivity contribution is 0.154. The van der Waals surface area contributed by atoms with Crippen molar-refractivity contribution in [3.8, 4) is 28.7 Å². The number of aromatic hydroxyl groups is 3. The van der Waals surface area contributed by atoms with E-state index in [-0.39, 0.29) is 29.6 Å². The molecule has 0 saturated heterocycles. The molecule has 2 heterocycles. The number of hydrogen-bond donors (Lipinski definition) is 4.